The van der Waals surface area contributed by atoms with Gasteiger partial charge in [0.05, 0.1) is 20.3 Å². The average Bonchev–Trinajstić information content (AvgIpc) is 3.27. The van der Waals surface area contributed by atoms with Gasteiger partial charge in [-0.15, -0.1) is 0 Å². The maximum atomic E-state index is 13.0. The Morgan fingerprint density at radius 1 is 0.969 bits per heavy atom. The number of methoxy groups -OCH3 is 1. The first-order valence-corrected chi connectivity index (χ1v) is 12.3. The van der Waals surface area contributed by atoms with E-state index >= 15 is 0 Å². The van der Waals surface area contributed by atoms with Gasteiger partial charge in [-0.25, -0.2) is 13.1 Å². The van der Waals surface area contributed by atoms with Crippen LogP contribution in [-0.4, -0.2) is 40.7 Å². The third-order valence-electron chi connectivity index (χ3n) is 5.19. The first kappa shape index (κ1) is 23.9. The predicted molar refractivity (Wildman–Crippen MR) is 122 cm³/mol. The summed E-state index contributed by atoms with van der Waals surface area (Å²) >= 11 is 0. The molecule has 32 heavy (non-hydrogen) atoms. The number of carbonyl (C=O) groups is 1. The summed E-state index contributed by atoms with van der Waals surface area (Å²) in [6.07, 6.45) is 3.61. The van der Waals surface area contributed by atoms with Gasteiger partial charge >= 0.3 is 0 Å². The SMILES string of the molecule is CCOc1ccc(NC(=O)c2ccc(OC)c(S(=O)(=O)NC3CCCC3)c2)cc1OCC. The van der Waals surface area contributed by atoms with Gasteiger partial charge in [-0.05, 0) is 57.0 Å². The van der Waals surface area contributed by atoms with Crippen molar-refractivity contribution in [3.8, 4) is 17.2 Å². The van der Waals surface area contributed by atoms with E-state index in [0.717, 1.165) is 25.7 Å². The van der Waals surface area contributed by atoms with Crippen molar-refractivity contribution in [2.24, 2.45) is 0 Å². The lowest BCUT2D eigenvalue weighted by molar-refractivity contribution is 0.102. The van der Waals surface area contributed by atoms with Crippen LogP contribution in [0.2, 0.25) is 0 Å². The standard InChI is InChI=1S/C23H30N2O6S/c1-4-30-19-13-11-18(15-21(19)31-5-2)24-23(26)16-10-12-20(29-3)22(14-16)32(27,28)25-17-8-6-7-9-17/h10-15,17,25H,4-9H2,1-3H3,(H,24,26). The Balaban J connectivity index is 1.84. The molecule has 1 amide bonds. The Morgan fingerprint density at radius 3 is 2.28 bits per heavy atom. The number of hydrogen-bond acceptors (Lipinski definition) is 6. The monoisotopic (exact) mass is 462 g/mol. The molecule has 2 aromatic rings. The Kier molecular flexibility index (Phi) is 7.98. The van der Waals surface area contributed by atoms with Crippen molar-refractivity contribution in [3.63, 3.8) is 0 Å². The van der Waals surface area contributed by atoms with Gasteiger partial charge in [0.1, 0.15) is 10.6 Å². The second-order valence-electron chi connectivity index (χ2n) is 7.45. The number of benzene rings is 2. The predicted octanol–water partition coefficient (Wildman–Crippen LogP) is 3.97. The van der Waals surface area contributed by atoms with Gasteiger partial charge in [-0.2, -0.15) is 0 Å². The molecule has 0 saturated heterocycles. The Labute approximate surface area is 189 Å². The summed E-state index contributed by atoms with van der Waals surface area (Å²) in [5.74, 6) is 0.845. The number of amides is 1. The first-order valence-electron chi connectivity index (χ1n) is 10.8. The lowest BCUT2D eigenvalue weighted by Crippen LogP contribution is -2.33. The van der Waals surface area contributed by atoms with Gasteiger partial charge in [-0.3, -0.25) is 4.79 Å². The molecule has 2 aromatic carbocycles. The van der Waals surface area contributed by atoms with Crippen LogP contribution in [0.3, 0.4) is 0 Å². The fourth-order valence-electron chi connectivity index (χ4n) is 3.69. The smallest absolute Gasteiger partial charge is 0.255 e. The van der Waals surface area contributed by atoms with E-state index in [1.807, 2.05) is 13.8 Å². The maximum absolute atomic E-state index is 13.0. The minimum absolute atomic E-state index is 0.0544. The molecular formula is C23H30N2O6S. The molecule has 1 aliphatic rings. The summed E-state index contributed by atoms with van der Waals surface area (Å²) < 4.78 is 45.0. The number of sulfonamides is 1. The highest BCUT2D eigenvalue weighted by Crippen LogP contribution is 2.31. The summed E-state index contributed by atoms with van der Waals surface area (Å²) in [4.78, 5) is 12.8. The molecule has 0 aliphatic heterocycles. The zero-order chi connectivity index (χ0) is 23.1. The number of hydrogen-bond donors (Lipinski definition) is 2. The van der Waals surface area contributed by atoms with Gasteiger partial charge in [0.2, 0.25) is 10.0 Å². The van der Waals surface area contributed by atoms with E-state index in [1.165, 1.54) is 25.3 Å². The molecule has 0 radical (unpaired) electrons. The molecule has 0 aromatic heterocycles. The van der Waals surface area contributed by atoms with Crippen LogP contribution >= 0.6 is 0 Å². The number of anilines is 1. The van der Waals surface area contributed by atoms with Crippen molar-refractivity contribution in [3.05, 3.63) is 42.0 Å². The molecule has 0 atom stereocenters. The van der Waals surface area contributed by atoms with E-state index in [1.54, 1.807) is 18.2 Å². The molecule has 1 fully saturated rings. The van der Waals surface area contributed by atoms with Crippen LogP contribution in [0, 0.1) is 0 Å². The Bertz CT molecular complexity index is 1050. The van der Waals surface area contributed by atoms with E-state index in [0.29, 0.717) is 30.4 Å². The Morgan fingerprint density at radius 2 is 1.62 bits per heavy atom. The van der Waals surface area contributed by atoms with E-state index in [-0.39, 0.29) is 22.3 Å². The van der Waals surface area contributed by atoms with Gasteiger partial charge < -0.3 is 19.5 Å². The third-order valence-corrected chi connectivity index (χ3v) is 6.74. The summed E-state index contributed by atoms with van der Waals surface area (Å²) in [6.45, 7) is 4.68. The van der Waals surface area contributed by atoms with Crippen LogP contribution in [0.5, 0.6) is 17.2 Å². The number of nitrogens with one attached hydrogen (secondary N) is 2. The van der Waals surface area contributed by atoms with Crippen LogP contribution in [0.15, 0.2) is 41.3 Å². The average molecular weight is 463 g/mol. The maximum Gasteiger partial charge on any atom is 0.255 e. The highest BCUT2D eigenvalue weighted by molar-refractivity contribution is 7.89. The summed E-state index contributed by atoms with van der Waals surface area (Å²) in [5, 5.41) is 2.79. The Hall–Kier alpha value is -2.78. The topological polar surface area (TPSA) is 103 Å². The highest BCUT2D eigenvalue weighted by Gasteiger charge is 2.26. The largest absolute Gasteiger partial charge is 0.495 e. The van der Waals surface area contributed by atoms with Crippen molar-refractivity contribution in [1.29, 1.82) is 0 Å². The van der Waals surface area contributed by atoms with Crippen LogP contribution < -0.4 is 24.2 Å². The molecule has 3 rings (SSSR count). The van der Waals surface area contributed by atoms with E-state index < -0.39 is 15.9 Å². The molecule has 0 heterocycles. The lowest BCUT2D eigenvalue weighted by atomic mass is 10.2. The molecule has 174 valence electrons. The second kappa shape index (κ2) is 10.7. The number of ether oxygens (including phenoxy) is 3. The number of rotatable bonds is 10. The second-order valence-corrected chi connectivity index (χ2v) is 9.13. The van der Waals surface area contributed by atoms with E-state index in [9.17, 15) is 13.2 Å². The quantitative estimate of drug-likeness (QED) is 0.554. The third kappa shape index (κ3) is 5.72. The molecule has 2 N–H and O–H groups in total. The summed E-state index contributed by atoms with van der Waals surface area (Å²) in [6, 6.07) is 9.36. The lowest BCUT2D eigenvalue weighted by Gasteiger charge is -2.16. The molecule has 1 aliphatic carbocycles. The molecule has 0 spiro atoms. The van der Waals surface area contributed by atoms with Gasteiger partial charge in [0.15, 0.2) is 11.5 Å². The normalized spacial score (nSPS) is 14.2. The fraction of sp³-hybridized carbons (Fsp3) is 0.435. The fourth-order valence-corrected chi connectivity index (χ4v) is 5.19. The minimum atomic E-state index is -3.83. The minimum Gasteiger partial charge on any atom is -0.495 e. The summed E-state index contributed by atoms with van der Waals surface area (Å²) in [7, 11) is -2.43. The van der Waals surface area contributed by atoms with Crippen LogP contribution in [-0.2, 0) is 10.0 Å². The van der Waals surface area contributed by atoms with Gasteiger partial charge in [0, 0.05) is 23.4 Å². The van der Waals surface area contributed by atoms with Crippen molar-refractivity contribution < 1.29 is 27.4 Å². The zero-order valence-corrected chi connectivity index (χ0v) is 19.5. The van der Waals surface area contributed by atoms with E-state index in [4.69, 9.17) is 14.2 Å². The zero-order valence-electron chi connectivity index (χ0n) is 18.6. The molecule has 9 heteroatoms. The molecular weight excluding hydrogens is 432 g/mol. The van der Waals surface area contributed by atoms with Gasteiger partial charge in [-0.1, -0.05) is 12.8 Å². The van der Waals surface area contributed by atoms with Crippen molar-refractivity contribution >= 4 is 21.6 Å². The van der Waals surface area contributed by atoms with Crippen LogP contribution in [0.25, 0.3) is 0 Å². The first-order chi connectivity index (χ1) is 15.4. The molecule has 1 saturated carbocycles. The van der Waals surface area contributed by atoms with E-state index in [2.05, 4.69) is 10.0 Å². The molecule has 0 bridgehead atoms. The van der Waals surface area contributed by atoms with Gasteiger partial charge in [0.25, 0.3) is 5.91 Å². The highest BCUT2D eigenvalue weighted by atomic mass is 32.2. The number of carbonyl (C=O) groups excluding carboxylic acids is 1. The van der Waals surface area contributed by atoms with Crippen molar-refractivity contribution in [2.45, 2.75) is 50.5 Å². The summed E-state index contributed by atoms with van der Waals surface area (Å²) in [5.41, 5.74) is 0.704. The van der Waals surface area contributed by atoms with Crippen LogP contribution in [0.1, 0.15) is 49.9 Å². The van der Waals surface area contributed by atoms with Crippen molar-refractivity contribution in [1.82, 2.24) is 4.72 Å². The van der Waals surface area contributed by atoms with Crippen LogP contribution in [0.4, 0.5) is 5.69 Å². The van der Waals surface area contributed by atoms with Crippen molar-refractivity contribution in [2.75, 3.05) is 25.6 Å². The molecule has 0 unspecified atom stereocenters. The molecule has 8 nitrogen and oxygen atoms in total.